The number of carboxylic acid groups (broad SMARTS) is 1. The maximum atomic E-state index is 11.1. The van der Waals surface area contributed by atoms with E-state index in [0.29, 0.717) is 5.69 Å². The van der Waals surface area contributed by atoms with Crippen LogP contribution in [-0.4, -0.2) is 21.2 Å². The number of benzene rings is 1. The molecule has 1 aromatic carbocycles. The Morgan fingerprint density at radius 1 is 1.29 bits per heavy atom. The molecule has 0 saturated heterocycles. The van der Waals surface area contributed by atoms with Crippen LogP contribution in [0.2, 0.25) is 0 Å². The molecule has 0 radical (unpaired) electrons. The minimum atomic E-state index is -0.932. The van der Waals surface area contributed by atoms with E-state index in [-0.39, 0.29) is 0 Å². The van der Waals surface area contributed by atoms with E-state index in [9.17, 15) is 9.90 Å². The van der Waals surface area contributed by atoms with Crippen LogP contribution in [0.3, 0.4) is 0 Å². The van der Waals surface area contributed by atoms with Gasteiger partial charge >= 0.3 is 5.97 Å². The molecule has 0 saturated carbocycles. The van der Waals surface area contributed by atoms with Crippen LogP contribution in [0.1, 0.15) is 38.1 Å². The van der Waals surface area contributed by atoms with E-state index in [1.54, 1.807) is 39.1 Å². The van der Waals surface area contributed by atoms with Gasteiger partial charge in [-0.1, -0.05) is 18.2 Å². The molecule has 110 valence electrons. The van der Waals surface area contributed by atoms with Gasteiger partial charge in [0.2, 0.25) is 0 Å². The number of hydrogen-bond acceptors (Lipinski definition) is 3. The third-order valence-corrected chi connectivity index (χ3v) is 3.47. The number of aliphatic hydroxyl groups is 1. The summed E-state index contributed by atoms with van der Waals surface area (Å²) in [6.07, 6.45) is 4.56. The van der Waals surface area contributed by atoms with Crippen molar-refractivity contribution in [2.24, 2.45) is 5.41 Å². The van der Waals surface area contributed by atoms with Gasteiger partial charge in [0.15, 0.2) is 0 Å². The predicted octanol–water partition coefficient (Wildman–Crippen LogP) is 3.41. The molecule has 1 unspecified atom stereocenters. The van der Waals surface area contributed by atoms with Gasteiger partial charge < -0.3 is 10.2 Å². The molecule has 2 rings (SSSR count). The number of aliphatic hydroxyl groups excluding tert-OH is 1. The van der Waals surface area contributed by atoms with Gasteiger partial charge in [0.1, 0.15) is 0 Å². The standard InChI is InChI=1S/C17H19NO3/c1-11(19)12-4-5-13-10-18-15(9-14(13)8-12)6-7-17(2,3)16(20)21/h4-11,19H,1-3H3,(H,20,21). The van der Waals surface area contributed by atoms with Crippen molar-refractivity contribution in [3.05, 3.63) is 47.8 Å². The molecule has 0 spiro atoms. The van der Waals surface area contributed by atoms with Crippen molar-refractivity contribution in [2.75, 3.05) is 0 Å². The fourth-order valence-corrected chi connectivity index (χ4v) is 1.89. The van der Waals surface area contributed by atoms with Crippen molar-refractivity contribution in [3.63, 3.8) is 0 Å². The summed E-state index contributed by atoms with van der Waals surface area (Å²) in [5.41, 5.74) is 0.604. The number of rotatable bonds is 4. The molecule has 0 bridgehead atoms. The molecule has 1 atom stereocenters. The molecule has 0 aliphatic heterocycles. The van der Waals surface area contributed by atoms with Crippen molar-refractivity contribution in [1.29, 1.82) is 0 Å². The first-order chi connectivity index (χ1) is 9.79. The Morgan fingerprint density at radius 2 is 2.00 bits per heavy atom. The SMILES string of the molecule is CC(O)c1ccc2cnc(C=CC(C)(C)C(=O)O)cc2c1. The van der Waals surface area contributed by atoms with Gasteiger partial charge in [-0.2, -0.15) is 0 Å². The van der Waals surface area contributed by atoms with Crippen LogP contribution in [0.25, 0.3) is 16.8 Å². The first kappa shape index (κ1) is 15.2. The number of carbonyl (C=O) groups is 1. The molecular formula is C17H19NO3. The highest BCUT2D eigenvalue weighted by Crippen LogP contribution is 2.22. The molecule has 2 N–H and O–H groups in total. The van der Waals surface area contributed by atoms with Crippen LogP contribution in [0, 0.1) is 5.41 Å². The number of aromatic nitrogens is 1. The monoisotopic (exact) mass is 285 g/mol. The minimum Gasteiger partial charge on any atom is -0.481 e. The van der Waals surface area contributed by atoms with E-state index in [1.807, 2.05) is 24.3 Å². The Labute approximate surface area is 123 Å². The third kappa shape index (κ3) is 3.47. The highest BCUT2D eigenvalue weighted by molar-refractivity contribution is 5.84. The molecule has 0 amide bonds. The van der Waals surface area contributed by atoms with Crippen molar-refractivity contribution in [1.82, 2.24) is 4.98 Å². The van der Waals surface area contributed by atoms with Crippen LogP contribution in [0.4, 0.5) is 0 Å². The summed E-state index contributed by atoms with van der Waals surface area (Å²) in [6.45, 7) is 5.00. The summed E-state index contributed by atoms with van der Waals surface area (Å²) >= 11 is 0. The van der Waals surface area contributed by atoms with Crippen molar-refractivity contribution in [3.8, 4) is 0 Å². The fraction of sp³-hybridized carbons (Fsp3) is 0.294. The second-order valence-electron chi connectivity index (χ2n) is 5.75. The van der Waals surface area contributed by atoms with Gasteiger partial charge in [0, 0.05) is 11.6 Å². The summed E-state index contributed by atoms with van der Waals surface area (Å²) in [5.74, 6) is -0.879. The zero-order valence-electron chi connectivity index (χ0n) is 12.4. The molecular weight excluding hydrogens is 266 g/mol. The molecule has 0 aliphatic rings. The van der Waals surface area contributed by atoms with Crippen molar-refractivity contribution < 1.29 is 15.0 Å². The number of fused-ring (bicyclic) bond motifs is 1. The number of aliphatic carboxylic acids is 1. The lowest BCUT2D eigenvalue weighted by Gasteiger charge is -2.12. The largest absolute Gasteiger partial charge is 0.481 e. The molecule has 4 nitrogen and oxygen atoms in total. The van der Waals surface area contributed by atoms with Gasteiger partial charge in [-0.25, -0.2) is 0 Å². The first-order valence-electron chi connectivity index (χ1n) is 6.80. The zero-order valence-corrected chi connectivity index (χ0v) is 12.4. The number of nitrogens with zero attached hydrogens (tertiary/aromatic N) is 1. The Morgan fingerprint density at radius 3 is 2.62 bits per heavy atom. The zero-order chi connectivity index (χ0) is 15.6. The first-order valence-corrected chi connectivity index (χ1v) is 6.80. The number of pyridine rings is 1. The van der Waals surface area contributed by atoms with Gasteiger partial charge in [0.05, 0.1) is 17.2 Å². The third-order valence-electron chi connectivity index (χ3n) is 3.47. The topological polar surface area (TPSA) is 70.4 Å². The normalized spacial score (nSPS) is 13.7. The molecule has 0 aliphatic carbocycles. The van der Waals surface area contributed by atoms with E-state index in [0.717, 1.165) is 16.3 Å². The maximum absolute atomic E-state index is 11.1. The highest BCUT2D eigenvalue weighted by atomic mass is 16.4. The molecule has 1 aromatic heterocycles. The van der Waals surface area contributed by atoms with Crippen LogP contribution >= 0.6 is 0 Å². The second-order valence-corrected chi connectivity index (χ2v) is 5.75. The maximum Gasteiger partial charge on any atom is 0.312 e. The second kappa shape index (κ2) is 5.66. The predicted molar refractivity (Wildman–Crippen MR) is 82.8 cm³/mol. The van der Waals surface area contributed by atoms with E-state index >= 15 is 0 Å². The summed E-state index contributed by atoms with van der Waals surface area (Å²) in [4.78, 5) is 15.4. The Kier molecular flexibility index (Phi) is 4.09. The average Bonchev–Trinajstić information content (AvgIpc) is 2.44. The number of carboxylic acids is 1. The summed E-state index contributed by atoms with van der Waals surface area (Å²) in [6, 6.07) is 7.59. The Hall–Kier alpha value is -2.20. The Bertz CT molecular complexity index is 702. The van der Waals surface area contributed by atoms with E-state index in [1.165, 1.54) is 0 Å². The van der Waals surface area contributed by atoms with Gasteiger partial charge in [-0.05, 0) is 49.9 Å². The summed E-state index contributed by atoms with van der Waals surface area (Å²) < 4.78 is 0. The van der Waals surface area contributed by atoms with E-state index in [2.05, 4.69) is 4.98 Å². The highest BCUT2D eigenvalue weighted by Gasteiger charge is 2.23. The smallest absolute Gasteiger partial charge is 0.312 e. The Balaban J connectivity index is 2.38. The number of hydrogen-bond donors (Lipinski definition) is 2. The minimum absolute atomic E-state index is 0.521. The lowest BCUT2D eigenvalue weighted by molar-refractivity contribution is -0.144. The van der Waals surface area contributed by atoms with Gasteiger partial charge in [0.25, 0.3) is 0 Å². The van der Waals surface area contributed by atoms with Crippen LogP contribution in [0.15, 0.2) is 36.5 Å². The lowest BCUT2D eigenvalue weighted by Crippen LogP contribution is -2.20. The molecule has 2 aromatic rings. The molecule has 21 heavy (non-hydrogen) atoms. The van der Waals surface area contributed by atoms with E-state index in [4.69, 9.17) is 5.11 Å². The fourth-order valence-electron chi connectivity index (χ4n) is 1.89. The van der Waals surface area contributed by atoms with Crippen LogP contribution in [0.5, 0.6) is 0 Å². The molecule has 4 heteroatoms. The van der Waals surface area contributed by atoms with Crippen LogP contribution < -0.4 is 0 Å². The average molecular weight is 285 g/mol. The summed E-state index contributed by atoms with van der Waals surface area (Å²) in [7, 11) is 0. The van der Waals surface area contributed by atoms with Crippen molar-refractivity contribution >= 4 is 22.8 Å². The molecule has 1 heterocycles. The van der Waals surface area contributed by atoms with Crippen molar-refractivity contribution in [2.45, 2.75) is 26.9 Å². The molecule has 0 fully saturated rings. The van der Waals surface area contributed by atoms with Gasteiger partial charge in [-0.3, -0.25) is 9.78 Å². The van der Waals surface area contributed by atoms with Gasteiger partial charge in [-0.15, -0.1) is 0 Å². The van der Waals surface area contributed by atoms with Crippen LogP contribution in [-0.2, 0) is 4.79 Å². The summed E-state index contributed by atoms with van der Waals surface area (Å²) in [5, 5.41) is 20.7. The quantitative estimate of drug-likeness (QED) is 0.903. The van der Waals surface area contributed by atoms with E-state index < -0.39 is 17.5 Å². The lowest BCUT2D eigenvalue weighted by atomic mass is 9.93.